The summed E-state index contributed by atoms with van der Waals surface area (Å²) in [6.07, 6.45) is 2.22. The second-order valence-electron chi connectivity index (χ2n) is 2.84. The Hall–Kier alpha value is -1.47. The Morgan fingerprint density at radius 1 is 1.53 bits per heavy atom. The summed E-state index contributed by atoms with van der Waals surface area (Å²) in [5.41, 5.74) is 5.70. The van der Waals surface area contributed by atoms with E-state index in [0.717, 1.165) is 6.26 Å². The van der Waals surface area contributed by atoms with E-state index in [1.165, 1.54) is 12.3 Å². The summed E-state index contributed by atoms with van der Waals surface area (Å²) < 4.78 is 25.4. The Morgan fingerprint density at radius 3 is 2.67 bits per heavy atom. The van der Waals surface area contributed by atoms with E-state index in [2.05, 4.69) is 9.17 Å². The van der Waals surface area contributed by atoms with Crippen LogP contribution in [0.5, 0.6) is 0 Å². The molecule has 0 aliphatic rings. The summed E-state index contributed by atoms with van der Waals surface area (Å²) in [5, 5.41) is 0. The molecule has 0 bridgehead atoms. The Bertz CT molecular complexity index is 443. The lowest BCUT2D eigenvalue weighted by molar-refractivity contribution is -0.135. The molecular formula is C8H10N2O4S. The van der Waals surface area contributed by atoms with Crippen molar-refractivity contribution in [1.29, 1.82) is 0 Å². The first-order valence-electron chi connectivity index (χ1n) is 4.00. The van der Waals surface area contributed by atoms with Crippen LogP contribution in [0.2, 0.25) is 0 Å². The van der Waals surface area contributed by atoms with Crippen molar-refractivity contribution in [2.75, 3.05) is 6.26 Å². The molecule has 0 saturated carbocycles. The van der Waals surface area contributed by atoms with Crippen molar-refractivity contribution < 1.29 is 17.4 Å². The fraction of sp³-hybridized carbons (Fsp3) is 0.250. The van der Waals surface area contributed by atoms with Gasteiger partial charge in [0.2, 0.25) is 0 Å². The average Bonchev–Trinajstić information content (AvgIpc) is 2.15. The molecule has 0 saturated heterocycles. The average molecular weight is 230 g/mol. The lowest BCUT2D eigenvalue weighted by Gasteiger charge is -2.08. The number of nitrogens with zero attached hydrogens (tertiary/aromatic N) is 1. The van der Waals surface area contributed by atoms with Crippen LogP contribution < -0.4 is 5.73 Å². The highest BCUT2D eigenvalue weighted by atomic mass is 32.2. The van der Waals surface area contributed by atoms with Crippen molar-refractivity contribution in [2.45, 2.75) is 6.04 Å². The Morgan fingerprint density at radius 2 is 2.20 bits per heavy atom. The summed E-state index contributed by atoms with van der Waals surface area (Å²) in [7, 11) is -3.83. The first-order chi connectivity index (χ1) is 6.90. The van der Waals surface area contributed by atoms with Gasteiger partial charge in [0.05, 0.1) is 11.9 Å². The highest BCUT2D eigenvalue weighted by Gasteiger charge is 2.22. The topological polar surface area (TPSA) is 99.4 Å². The Balaban J connectivity index is 2.78. The number of pyridine rings is 1. The minimum Gasteiger partial charge on any atom is -0.344 e. The van der Waals surface area contributed by atoms with E-state index < -0.39 is 22.1 Å². The number of nitrogens with two attached hydrogens (primary N) is 1. The van der Waals surface area contributed by atoms with Gasteiger partial charge in [0.15, 0.2) is 0 Å². The maximum Gasteiger partial charge on any atom is 0.344 e. The molecule has 2 N–H and O–H groups in total. The molecule has 0 aromatic carbocycles. The van der Waals surface area contributed by atoms with Gasteiger partial charge in [-0.1, -0.05) is 6.07 Å². The van der Waals surface area contributed by atoms with Crippen molar-refractivity contribution in [3.05, 3.63) is 30.1 Å². The number of hydrogen-bond donors (Lipinski definition) is 1. The van der Waals surface area contributed by atoms with Gasteiger partial charge in [-0.15, -0.1) is 0 Å². The molecule has 0 fully saturated rings. The SMILES string of the molecule is CS(=O)(=O)OC(=O)C(N)c1ccccn1. The summed E-state index contributed by atoms with van der Waals surface area (Å²) in [6, 6.07) is 3.60. The van der Waals surface area contributed by atoms with Crippen LogP contribution in [0.15, 0.2) is 24.4 Å². The highest BCUT2D eigenvalue weighted by Crippen LogP contribution is 2.08. The zero-order valence-electron chi connectivity index (χ0n) is 7.95. The minimum atomic E-state index is -3.83. The molecule has 0 radical (unpaired) electrons. The monoisotopic (exact) mass is 230 g/mol. The predicted octanol–water partition coefficient (Wildman–Crippen LogP) is -0.416. The van der Waals surface area contributed by atoms with Crippen LogP contribution >= 0.6 is 0 Å². The molecule has 1 heterocycles. The third-order valence-corrected chi connectivity index (χ3v) is 1.96. The molecule has 0 spiro atoms. The summed E-state index contributed by atoms with van der Waals surface area (Å²) in [5.74, 6) is -1.05. The summed E-state index contributed by atoms with van der Waals surface area (Å²) in [4.78, 5) is 15.0. The molecule has 6 nitrogen and oxygen atoms in total. The highest BCUT2D eigenvalue weighted by molar-refractivity contribution is 7.86. The third kappa shape index (κ3) is 3.64. The maximum absolute atomic E-state index is 11.2. The van der Waals surface area contributed by atoms with E-state index in [1.807, 2.05) is 0 Å². The molecular weight excluding hydrogens is 220 g/mol. The van der Waals surface area contributed by atoms with Gasteiger partial charge >= 0.3 is 16.1 Å². The second-order valence-corrected chi connectivity index (χ2v) is 4.41. The molecule has 82 valence electrons. The van der Waals surface area contributed by atoms with Gasteiger partial charge in [-0.3, -0.25) is 4.98 Å². The smallest absolute Gasteiger partial charge is 0.344 e. The number of rotatable bonds is 3. The van der Waals surface area contributed by atoms with Gasteiger partial charge < -0.3 is 9.92 Å². The zero-order valence-corrected chi connectivity index (χ0v) is 8.77. The fourth-order valence-electron chi connectivity index (χ4n) is 0.882. The maximum atomic E-state index is 11.2. The standard InChI is InChI=1S/C8H10N2O4S/c1-15(12,13)14-8(11)7(9)6-4-2-3-5-10-6/h2-5,7H,9H2,1H3. The van der Waals surface area contributed by atoms with Crippen molar-refractivity contribution >= 4 is 16.1 Å². The van der Waals surface area contributed by atoms with Crippen molar-refractivity contribution in [2.24, 2.45) is 5.73 Å². The number of carbonyl (C=O) groups excluding carboxylic acids is 1. The van der Waals surface area contributed by atoms with Crippen molar-refractivity contribution in [1.82, 2.24) is 4.98 Å². The van der Waals surface area contributed by atoms with Crippen LogP contribution in [0.1, 0.15) is 11.7 Å². The van der Waals surface area contributed by atoms with E-state index in [0.29, 0.717) is 0 Å². The predicted molar refractivity (Wildman–Crippen MR) is 52.1 cm³/mol. The first-order valence-corrected chi connectivity index (χ1v) is 5.81. The Kier molecular flexibility index (Phi) is 3.38. The zero-order chi connectivity index (χ0) is 11.5. The van der Waals surface area contributed by atoms with E-state index in [1.54, 1.807) is 12.1 Å². The van der Waals surface area contributed by atoms with Crippen LogP contribution in [-0.4, -0.2) is 25.6 Å². The van der Waals surface area contributed by atoms with Gasteiger partial charge in [-0.25, -0.2) is 4.79 Å². The molecule has 15 heavy (non-hydrogen) atoms. The molecule has 7 heteroatoms. The van der Waals surface area contributed by atoms with Gasteiger partial charge in [-0.2, -0.15) is 8.42 Å². The van der Waals surface area contributed by atoms with E-state index in [4.69, 9.17) is 5.73 Å². The molecule has 0 amide bonds. The molecule has 0 aliphatic heterocycles. The largest absolute Gasteiger partial charge is 0.344 e. The van der Waals surface area contributed by atoms with Crippen molar-refractivity contribution in [3.63, 3.8) is 0 Å². The van der Waals surface area contributed by atoms with Crippen LogP contribution in [0.25, 0.3) is 0 Å². The van der Waals surface area contributed by atoms with Crippen LogP contribution in [0.4, 0.5) is 0 Å². The van der Waals surface area contributed by atoms with E-state index in [-0.39, 0.29) is 5.69 Å². The number of hydrogen-bond acceptors (Lipinski definition) is 6. The second kappa shape index (κ2) is 4.37. The van der Waals surface area contributed by atoms with Crippen LogP contribution in [-0.2, 0) is 19.1 Å². The van der Waals surface area contributed by atoms with E-state index in [9.17, 15) is 13.2 Å². The Labute approximate surface area is 87.2 Å². The van der Waals surface area contributed by atoms with Gasteiger partial charge in [0.25, 0.3) is 0 Å². The normalized spacial score (nSPS) is 13.2. The molecule has 1 atom stereocenters. The van der Waals surface area contributed by atoms with Gasteiger partial charge in [0.1, 0.15) is 6.04 Å². The van der Waals surface area contributed by atoms with Crippen LogP contribution in [0.3, 0.4) is 0 Å². The van der Waals surface area contributed by atoms with Gasteiger partial charge in [0, 0.05) is 6.20 Å². The fourth-order valence-corrected chi connectivity index (χ4v) is 1.28. The van der Waals surface area contributed by atoms with Gasteiger partial charge in [-0.05, 0) is 12.1 Å². The lowest BCUT2D eigenvalue weighted by atomic mass is 10.2. The minimum absolute atomic E-state index is 0.256. The molecule has 0 aliphatic carbocycles. The number of aromatic nitrogens is 1. The molecule has 1 unspecified atom stereocenters. The quantitative estimate of drug-likeness (QED) is 0.708. The summed E-state index contributed by atoms with van der Waals surface area (Å²) >= 11 is 0. The third-order valence-electron chi connectivity index (χ3n) is 1.49. The molecule has 1 aromatic heterocycles. The lowest BCUT2D eigenvalue weighted by Crippen LogP contribution is -2.26. The first kappa shape index (κ1) is 11.6. The number of carbonyl (C=O) groups is 1. The summed E-state index contributed by atoms with van der Waals surface area (Å²) in [6.45, 7) is 0. The van der Waals surface area contributed by atoms with Crippen LogP contribution in [0, 0.1) is 0 Å². The molecule has 1 aromatic rings. The van der Waals surface area contributed by atoms with Crippen molar-refractivity contribution in [3.8, 4) is 0 Å². The molecule has 1 rings (SSSR count). The van der Waals surface area contributed by atoms with E-state index >= 15 is 0 Å².